The smallest absolute Gasteiger partial charge is 0.282 e. The maximum absolute atomic E-state index is 13.6. The molecule has 2 heterocycles. The zero-order valence-electron chi connectivity index (χ0n) is 18.5. The Morgan fingerprint density at radius 3 is 2.28 bits per heavy atom. The first kappa shape index (κ1) is 22.4. The molecule has 2 aliphatic heterocycles. The molecule has 6 nitrogen and oxygen atoms in total. The molecule has 1 saturated heterocycles. The number of benzene rings is 2. The molecule has 168 valence electrons. The summed E-state index contributed by atoms with van der Waals surface area (Å²) < 4.78 is 5.68. The number of hydrogen-bond acceptors (Lipinski definition) is 5. The van der Waals surface area contributed by atoms with Crippen molar-refractivity contribution in [2.24, 2.45) is 0 Å². The topological polar surface area (TPSA) is 53.1 Å². The van der Waals surface area contributed by atoms with Gasteiger partial charge < -0.3 is 14.5 Å². The Hall–Kier alpha value is -2.83. The molecule has 0 aliphatic carbocycles. The van der Waals surface area contributed by atoms with Crippen molar-refractivity contribution in [3.8, 4) is 5.75 Å². The molecule has 0 radical (unpaired) electrons. The van der Waals surface area contributed by atoms with Crippen molar-refractivity contribution in [2.75, 3.05) is 44.2 Å². The molecule has 1 fully saturated rings. The van der Waals surface area contributed by atoms with Gasteiger partial charge in [-0.3, -0.25) is 9.59 Å². The first-order valence-electron chi connectivity index (χ1n) is 11.1. The van der Waals surface area contributed by atoms with Crippen LogP contribution in [0.3, 0.4) is 0 Å². The third kappa shape index (κ3) is 4.38. The van der Waals surface area contributed by atoms with Gasteiger partial charge in [0.15, 0.2) is 0 Å². The van der Waals surface area contributed by atoms with Crippen molar-refractivity contribution < 1.29 is 14.3 Å². The van der Waals surface area contributed by atoms with Crippen LogP contribution in [0.25, 0.3) is 5.57 Å². The summed E-state index contributed by atoms with van der Waals surface area (Å²) in [6.45, 7) is 8.91. The van der Waals surface area contributed by atoms with E-state index >= 15 is 0 Å². The van der Waals surface area contributed by atoms with Gasteiger partial charge in [-0.15, -0.1) is 0 Å². The zero-order chi connectivity index (χ0) is 22.7. The van der Waals surface area contributed by atoms with Crippen LogP contribution in [0.15, 0.2) is 54.2 Å². The van der Waals surface area contributed by atoms with Crippen molar-refractivity contribution in [2.45, 2.75) is 20.3 Å². The van der Waals surface area contributed by atoms with Gasteiger partial charge in [0.25, 0.3) is 11.8 Å². The number of rotatable bonds is 7. The van der Waals surface area contributed by atoms with Crippen LogP contribution in [0.2, 0.25) is 5.02 Å². The van der Waals surface area contributed by atoms with E-state index in [9.17, 15) is 9.59 Å². The summed E-state index contributed by atoms with van der Waals surface area (Å²) in [5.41, 5.74) is 2.09. The fraction of sp³-hybridized carbons (Fsp3) is 0.360. The fourth-order valence-electron chi connectivity index (χ4n) is 4.15. The van der Waals surface area contributed by atoms with Crippen LogP contribution in [-0.4, -0.2) is 60.9 Å². The van der Waals surface area contributed by atoms with Gasteiger partial charge in [0.1, 0.15) is 11.4 Å². The molecule has 0 unspecified atom stereocenters. The molecule has 7 heteroatoms. The summed E-state index contributed by atoms with van der Waals surface area (Å²) in [7, 11) is 0. The highest BCUT2D eigenvalue weighted by Crippen LogP contribution is 2.36. The minimum Gasteiger partial charge on any atom is -0.494 e. The third-order valence-electron chi connectivity index (χ3n) is 5.88. The number of anilines is 1. The quantitative estimate of drug-likeness (QED) is 0.592. The van der Waals surface area contributed by atoms with E-state index in [1.165, 1.54) is 4.90 Å². The first-order chi connectivity index (χ1) is 15.5. The number of imide groups is 1. The van der Waals surface area contributed by atoms with Crippen LogP contribution < -0.4 is 9.64 Å². The SMILES string of the molecule is CCCOc1ccc(C2=C(N3CCN(CC)CC3)C(=O)N(c3cccc(Cl)c3)C2=O)cc1. The molecular formula is C25H28ClN3O3. The Kier molecular flexibility index (Phi) is 6.82. The Morgan fingerprint density at radius 2 is 1.66 bits per heavy atom. The minimum absolute atomic E-state index is 0.302. The second-order valence-corrected chi connectivity index (χ2v) is 8.38. The second kappa shape index (κ2) is 9.76. The zero-order valence-corrected chi connectivity index (χ0v) is 19.3. The van der Waals surface area contributed by atoms with E-state index in [2.05, 4.69) is 18.7 Å². The van der Waals surface area contributed by atoms with E-state index in [1.54, 1.807) is 24.3 Å². The monoisotopic (exact) mass is 453 g/mol. The van der Waals surface area contributed by atoms with Gasteiger partial charge in [-0.1, -0.05) is 43.6 Å². The maximum atomic E-state index is 13.6. The number of likely N-dealkylation sites (N-methyl/N-ethyl adjacent to an activating group) is 1. The average molecular weight is 454 g/mol. The van der Waals surface area contributed by atoms with Gasteiger partial charge in [-0.2, -0.15) is 0 Å². The molecule has 0 saturated carbocycles. The Morgan fingerprint density at radius 1 is 0.938 bits per heavy atom. The molecule has 2 aromatic carbocycles. The molecule has 4 rings (SSSR count). The summed E-state index contributed by atoms with van der Waals surface area (Å²) in [6.07, 6.45) is 0.919. The highest BCUT2D eigenvalue weighted by atomic mass is 35.5. The van der Waals surface area contributed by atoms with Crippen LogP contribution in [0, 0.1) is 0 Å². The predicted molar refractivity (Wildman–Crippen MR) is 127 cm³/mol. The van der Waals surface area contributed by atoms with Crippen molar-refractivity contribution in [1.29, 1.82) is 0 Å². The van der Waals surface area contributed by atoms with E-state index in [4.69, 9.17) is 16.3 Å². The summed E-state index contributed by atoms with van der Waals surface area (Å²) in [5, 5.41) is 0.479. The number of hydrogen-bond donors (Lipinski definition) is 0. The van der Waals surface area contributed by atoms with Gasteiger partial charge in [-0.05, 0) is 48.9 Å². The lowest BCUT2D eigenvalue weighted by molar-refractivity contribution is -0.120. The Labute approximate surface area is 194 Å². The molecule has 0 aromatic heterocycles. The van der Waals surface area contributed by atoms with Crippen molar-refractivity contribution in [3.63, 3.8) is 0 Å². The van der Waals surface area contributed by atoms with Gasteiger partial charge in [0.2, 0.25) is 0 Å². The van der Waals surface area contributed by atoms with Crippen LogP contribution >= 0.6 is 11.6 Å². The number of nitrogens with zero attached hydrogens (tertiary/aromatic N) is 3. The Bertz CT molecular complexity index is 1030. The largest absolute Gasteiger partial charge is 0.494 e. The van der Waals surface area contributed by atoms with Crippen molar-refractivity contribution in [1.82, 2.24) is 9.80 Å². The van der Waals surface area contributed by atoms with Gasteiger partial charge in [-0.25, -0.2) is 4.90 Å². The third-order valence-corrected chi connectivity index (χ3v) is 6.11. The Balaban J connectivity index is 1.73. The maximum Gasteiger partial charge on any atom is 0.282 e. The number of piperazine rings is 1. The number of halogens is 1. The van der Waals surface area contributed by atoms with Gasteiger partial charge in [0, 0.05) is 31.2 Å². The van der Waals surface area contributed by atoms with Gasteiger partial charge >= 0.3 is 0 Å². The van der Waals surface area contributed by atoms with Crippen LogP contribution in [-0.2, 0) is 9.59 Å². The molecule has 2 aliphatic rings. The molecule has 32 heavy (non-hydrogen) atoms. The number of ether oxygens (including phenoxy) is 1. The van der Waals surface area contributed by atoms with Crippen molar-refractivity contribution in [3.05, 3.63) is 64.8 Å². The molecular weight excluding hydrogens is 426 g/mol. The van der Waals surface area contributed by atoms with Crippen molar-refractivity contribution >= 4 is 34.7 Å². The van der Waals surface area contributed by atoms with Crippen LogP contribution in [0.4, 0.5) is 5.69 Å². The lowest BCUT2D eigenvalue weighted by atomic mass is 10.0. The normalized spacial score (nSPS) is 17.5. The van der Waals surface area contributed by atoms with E-state index in [0.29, 0.717) is 47.2 Å². The highest BCUT2D eigenvalue weighted by Gasteiger charge is 2.43. The fourth-order valence-corrected chi connectivity index (χ4v) is 4.33. The standard InChI is InChI=1S/C25H28ClN3O3/c1-3-16-32-21-10-8-18(9-11-21)22-23(28-14-12-27(4-2)13-15-28)25(31)29(24(22)30)20-7-5-6-19(26)17-20/h5-11,17H,3-4,12-16H2,1-2H3. The summed E-state index contributed by atoms with van der Waals surface area (Å²) >= 11 is 6.16. The molecule has 0 bridgehead atoms. The lowest BCUT2D eigenvalue weighted by Gasteiger charge is -2.36. The molecule has 0 atom stereocenters. The summed E-state index contributed by atoms with van der Waals surface area (Å²) in [6, 6.07) is 14.3. The highest BCUT2D eigenvalue weighted by molar-refractivity contribution is 6.45. The molecule has 0 spiro atoms. The molecule has 0 N–H and O–H groups in total. The minimum atomic E-state index is -0.326. The van der Waals surface area contributed by atoms with E-state index < -0.39 is 0 Å². The van der Waals surface area contributed by atoms with E-state index in [1.807, 2.05) is 29.2 Å². The molecule has 2 amide bonds. The first-order valence-corrected chi connectivity index (χ1v) is 11.5. The van der Waals surface area contributed by atoms with Crippen LogP contribution in [0.1, 0.15) is 25.8 Å². The predicted octanol–water partition coefficient (Wildman–Crippen LogP) is 4.05. The number of amides is 2. The average Bonchev–Trinajstić information content (AvgIpc) is 3.08. The van der Waals surface area contributed by atoms with Crippen LogP contribution in [0.5, 0.6) is 5.75 Å². The second-order valence-electron chi connectivity index (χ2n) is 7.94. The molecule has 2 aromatic rings. The number of carbonyl (C=O) groups excluding carboxylic acids is 2. The van der Waals surface area contributed by atoms with Gasteiger partial charge in [0.05, 0.1) is 17.9 Å². The van der Waals surface area contributed by atoms with E-state index in [-0.39, 0.29) is 11.8 Å². The lowest BCUT2D eigenvalue weighted by Crippen LogP contribution is -2.47. The van der Waals surface area contributed by atoms with E-state index in [0.717, 1.165) is 31.8 Å². The summed E-state index contributed by atoms with van der Waals surface area (Å²) in [5.74, 6) is 0.119. The number of carbonyl (C=O) groups is 2. The summed E-state index contributed by atoms with van der Waals surface area (Å²) in [4.78, 5) is 32.8.